The van der Waals surface area contributed by atoms with Gasteiger partial charge in [-0.3, -0.25) is 0 Å². The monoisotopic (exact) mass is 270 g/mol. The lowest BCUT2D eigenvalue weighted by atomic mass is 10.2. The molecule has 2 aromatic heterocycles. The summed E-state index contributed by atoms with van der Waals surface area (Å²) in [4.78, 5) is 8.25. The van der Waals surface area contributed by atoms with Gasteiger partial charge in [0.05, 0.1) is 0 Å². The Hall–Kier alpha value is -3.09. The second-order valence-electron chi connectivity index (χ2n) is 4.07. The zero-order valence-corrected chi connectivity index (χ0v) is 10.2. The minimum Gasteiger partial charge on any atom is -0.504 e. The summed E-state index contributed by atoms with van der Waals surface area (Å²) < 4.78 is 5.11. The number of phenols is 2. The van der Waals surface area contributed by atoms with Gasteiger partial charge in [0, 0.05) is 5.56 Å². The Morgan fingerprint density at radius 1 is 1.00 bits per heavy atom. The Bertz CT molecular complexity index is 770. The number of benzene rings is 1. The zero-order valence-electron chi connectivity index (χ0n) is 10.2. The van der Waals surface area contributed by atoms with Crippen LogP contribution in [-0.4, -0.2) is 25.3 Å². The van der Waals surface area contributed by atoms with Crippen molar-refractivity contribution in [2.45, 2.75) is 0 Å². The predicted molar refractivity (Wildman–Crippen MR) is 70.7 cm³/mol. The number of hydrogen-bond acceptors (Lipinski definition) is 7. The Kier molecular flexibility index (Phi) is 2.72. The molecule has 3 aromatic rings. The SMILES string of the molecule is Nc1cccc(-c2nc(-c3ccc(O)c(O)c3)no2)n1. The van der Waals surface area contributed by atoms with Crippen molar-refractivity contribution in [1.82, 2.24) is 15.1 Å². The molecule has 0 aliphatic carbocycles. The first-order chi connectivity index (χ1) is 9.63. The fourth-order valence-corrected chi connectivity index (χ4v) is 1.68. The van der Waals surface area contributed by atoms with E-state index in [-0.39, 0.29) is 23.2 Å². The second-order valence-corrected chi connectivity index (χ2v) is 4.07. The van der Waals surface area contributed by atoms with E-state index in [9.17, 15) is 10.2 Å². The van der Waals surface area contributed by atoms with E-state index in [1.807, 2.05) is 0 Å². The van der Waals surface area contributed by atoms with Crippen LogP contribution in [0, 0.1) is 0 Å². The number of anilines is 1. The van der Waals surface area contributed by atoms with Gasteiger partial charge in [0.25, 0.3) is 5.89 Å². The molecule has 0 bridgehead atoms. The molecule has 0 spiro atoms. The van der Waals surface area contributed by atoms with Gasteiger partial charge in [-0.15, -0.1) is 0 Å². The highest BCUT2D eigenvalue weighted by molar-refractivity contribution is 5.62. The quantitative estimate of drug-likeness (QED) is 0.607. The van der Waals surface area contributed by atoms with E-state index >= 15 is 0 Å². The molecule has 1 aromatic carbocycles. The fourth-order valence-electron chi connectivity index (χ4n) is 1.68. The summed E-state index contributed by atoms with van der Waals surface area (Å²) in [5.41, 5.74) is 6.57. The van der Waals surface area contributed by atoms with Crippen molar-refractivity contribution >= 4 is 5.82 Å². The van der Waals surface area contributed by atoms with E-state index in [1.165, 1.54) is 12.1 Å². The van der Waals surface area contributed by atoms with E-state index in [0.717, 1.165) is 0 Å². The number of nitrogens with zero attached hydrogens (tertiary/aromatic N) is 3. The maximum atomic E-state index is 9.46. The van der Waals surface area contributed by atoms with Gasteiger partial charge in [-0.2, -0.15) is 4.98 Å². The molecule has 0 saturated carbocycles. The third-order valence-electron chi connectivity index (χ3n) is 2.65. The topological polar surface area (TPSA) is 118 Å². The van der Waals surface area contributed by atoms with Gasteiger partial charge in [-0.1, -0.05) is 11.2 Å². The van der Waals surface area contributed by atoms with E-state index in [0.29, 0.717) is 17.1 Å². The molecule has 7 nitrogen and oxygen atoms in total. The van der Waals surface area contributed by atoms with Crippen LogP contribution in [0.2, 0.25) is 0 Å². The summed E-state index contributed by atoms with van der Waals surface area (Å²) in [6, 6.07) is 9.33. The zero-order chi connectivity index (χ0) is 14.1. The second kappa shape index (κ2) is 4.54. The van der Waals surface area contributed by atoms with Crippen LogP contribution in [0.1, 0.15) is 0 Å². The predicted octanol–water partition coefficient (Wildman–Crippen LogP) is 1.79. The molecule has 0 aliphatic heterocycles. The maximum Gasteiger partial charge on any atom is 0.276 e. The number of pyridine rings is 1. The first kappa shape index (κ1) is 12.0. The highest BCUT2D eigenvalue weighted by Gasteiger charge is 2.13. The van der Waals surface area contributed by atoms with Gasteiger partial charge in [0.15, 0.2) is 11.5 Å². The molecule has 2 heterocycles. The smallest absolute Gasteiger partial charge is 0.276 e. The third kappa shape index (κ3) is 2.12. The number of rotatable bonds is 2. The standard InChI is InChI=1S/C13H10N4O3/c14-11-3-1-2-8(15-11)13-16-12(17-20-13)7-4-5-9(18)10(19)6-7/h1-6,18-19H,(H2,14,15). The lowest BCUT2D eigenvalue weighted by molar-refractivity contribution is 0.404. The van der Waals surface area contributed by atoms with E-state index in [1.54, 1.807) is 24.3 Å². The number of phenolic OH excluding ortho intramolecular Hbond substituents is 2. The largest absolute Gasteiger partial charge is 0.504 e. The summed E-state index contributed by atoms with van der Waals surface area (Å²) in [5.74, 6) is 0.384. The van der Waals surface area contributed by atoms with Gasteiger partial charge < -0.3 is 20.5 Å². The highest BCUT2D eigenvalue weighted by Crippen LogP contribution is 2.30. The molecular formula is C13H10N4O3. The number of nitrogens with two attached hydrogens (primary N) is 1. The average Bonchev–Trinajstić information content (AvgIpc) is 2.92. The number of nitrogen functional groups attached to an aromatic ring is 1. The van der Waals surface area contributed by atoms with Crippen LogP contribution in [0.15, 0.2) is 40.9 Å². The Morgan fingerprint density at radius 2 is 1.85 bits per heavy atom. The summed E-state index contributed by atoms with van der Waals surface area (Å²) in [5, 5.41) is 22.5. The first-order valence-electron chi connectivity index (χ1n) is 5.72. The number of hydrogen-bond donors (Lipinski definition) is 3. The molecule has 0 saturated heterocycles. The highest BCUT2D eigenvalue weighted by atomic mass is 16.5. The van der Waals surface area contributed by atoms with Crippen LogP contribution >= 0.6 is 0 Å². The van der Waals surface area contributed by atoms with Gasteiger partial charge in [0.2, 0.25) is 5.82 Å². The molecule has 0 unspecified atom stereocenters. The molecule has 0 radical (unpaired) electrons. The van der Waals surface area contributed by atoms with Crippen LogP contribution in [0.3, 0.4) is 0 Å². The molecule has 100 valence electrons. The molecule has 4 N–H and O–H groups in total. The van der Waals surface area contributed by atoms with Crippen molar-refractivity contribution in [3.05, 3.63) is 36.4 Å². The van der Waals surface area contributed by atoms with Crippen molar-refractivity contribution in [3.63, 3.8) is 0 Å². The van der Waals surface area contributed by atoms with Crippen LogP contribution in [0.4, 0.5) is 5.82 Å². The average molecular weight is 270 g/mol. The lowest BCUT2D eigenvalue weighted by Gasteiger charge is -1.98. The first-order valence-corrected chi connectivity index (χ1v) is 5.72. The van der Waals surface area contributed by atoms with Crippen molar-refractivity contribution in [2.24, 2.45) is 0 Å². The fraction of sp³-hybridized carbons (Fsp3) is 0. The van der Waals surface area contributed by atoms with Crippen molar-refractivity contribution < 1.29 is 14.7 Å². The molecule has 0 aliphatic rings. The van der Waals surface area contributed by atoms with Crippen molar-refractivity contribution in [3.8, 4) is 34.5 Å². The lowest BCUT2D eigenvalue weighted by Crippen LogP contribution is -1.91. The maximum absolute atomic E-state index is 9.46. The molecular weight excluding hydrogens is 260 g/mol. The van der Waals surface area contributed by atoms with E-state index in [4.69, 9.17) is 10.3 Å². The molecule has 3 rings (SSSR count). The van der Waals surface area contributed by atoms with Crippen LogP contribution in [0.25, 0.3) is 23.0 Å². The summed E-state index contributed by atoms with van der Waals surface area (Å²) in [6.45, 7) is 0. The summed E-state index contributed by atoms with van der Waals surface area (Å²) >= 11 is 0. The summed E-state index contributed by atoms with van der Waals surface area (Å²) in [6.07, 6.45) is 0. The molecule has 7 heteroatoms. The minimum absolute atomic E-state index is 0.213. The van der Waals surface area contributed by atoms with Gasteiger partial charge in [0.1, 0.15) is 11.5 Å². The van der Waals surface area contributed by atoms with Gasteiger partial charge >= 0.3 is 0 Å². The molecule has 0 atom stereocenters. The Balaban J connectivity index is 1.99. The van der Waals surface area contributed by atoms with E-state index in [2.05, 4.69) is 15.1 Å². The van der Waals surface area contributed by atoms with Gasteiger partial charge in [-0.25, -0.2) is 4.98 Å². The Labute approximate surface area is 113 Å². The van der Waals surface area contributed by atoms with Crippen LogP contribution in [-0.2, 0) is 0 Å². The molecule has 0 amide bonds. The van der Waals surface area contributed by atoms with Gasteiger partial charge in [-0.05, 0) is 30.3 Å². The summed E-state index contributed by atoms with van der Waals surface area (Å²) in [7, 11) is 0. The van der Waals surface area contributed by atoms with E-state index < -0.39 is 0 Å². The number of aromatic nitrogens is 3. The number of aromatic hydroxyl groups is 2. The third-order valence-corrected chi connectivity index (χ3v) is 2.65. The molecule has 0 fully saturated rings. The molecule has 20 heavy (non-hydrogen) atoms. The van der Waals surface area contributed by atoms with Crippen LogP contribution in [0.5, 0.6) is 11.5 Å². The van der Waals surface area contributed by atoms with Crippen molar-refractivity contribution in [2.75, 3.05) is 5.73 Å². The van der Waals surface area contributed by atoms with Crippen LogP contribution < -0.4 is 5.73 Å². The minimum atomic E-state index is -0.254. The van der Waals surface area contributed by atoms with Crippen molar-refractivity contribution in [1.29, 1.82) is 0 Å². The normalized spacial score (nSPS) is 10.6. The Morgan fingerprint density at radius 3 is 2.60 bits per heavy atom.